The quantitative estimate of drug-likeness (QED) is 0.719. The van der Waals surface area contributed by atoms with E-state index in [4.69, 9.17) is 0 Å². The van der Waals surface area contributed by atoms with Crippen LogP contribution in [0.1, 0.15) is 34.7 Å². The number of hydrogen-bond donors (Lipinski definition) is 0. The predicted octanol–water partition coefficient (Wildman–Crippen LogP) is 2.84. The predicted molar refractivity (Wildman–Crippen MR) is 64.8 cm³/mol. The number of hydrogen-bond acceptors (Lipinski definition) is 2. The van der Waals surface area contributed by atoms with Gasteiger partial charge in [0.25, 0.3) is 0 Å². The molecule has 0 radical (unpaired) electrons. The van der Waals surface area contributed by atoms with Crippen molar-refractivity contribution in [2.24, 2.45) is 5.92 Å². The molecule has 1 aromatic rings. The third-order valence-electron chi connectivity index (χ3n) is 3.31. The van der Waals surface area contributed by atoms with Crippen molar-refractivity contribution in [1.82, 2.24) is 4.57 Å². The van der Waals surface area contributed by atoms with Gasteiger partial charge in [0.05, 0.1) is 0 Å². The second kappa shape index (κ2) is 4.05. The number of thioether (sulfide) groups is 1. The summed E-state index contributed by atoms with van der Waals surface area (Å²) in [5.74, 6) is 3.12. The molecule has 2 heterocycles. The zero-order chi connectivity index (χ0) is 11.0. The van der Waals surface area contributed by atoms with Crippen LogP contribution in [-0.4, -0.2) is 22.4 Å². The highest BCUT2D eigenvalue weighted by atomic mass is 32.2. The zero-order valence-electron chi connectivity index (χ0n) is 9.49. The van der Waals surface area contributed by atoms with E-state index in [1.54, 1.807) is 0 Å². The maximum absolute atomic E-state index is 10.9. The third-order valence-corrected chi connectivity index (χ3v) is 4.65. The van der Waals surface area contributed by atoms with Crippen LogP contribution in [-0.2, 0) is 0 Å². The lowest BCUT2D eigenvalue weighted by Gasteiger charge is -2.21. The number of carbonyl (C=O) groups excluding carboxylic acids is 1. The standard InChI is InChI=1S/C12H17NOS/c1-8-6-15-7-12(8)13-9(2)4-11(5-14)10(13)3/h4-5,8,12H,6-7H2,1-3H3. The lowest BCUT2D eigenvalue weighted by molar-refractivity contribution is 0.112. The van der Waals surface area contributed by atoms with Crippen LogP contribution in [0.2, 0.25) is 0 Å². The molecule has 2 atom stereocenters. The lowest BCUT2D eigenvalue weighted by atomic mass is 10.1. The maximum atomic E-state index is 10.9. The van der Waals surface area contributed by atoms with Crippen molar-refractivity contribution in [2.45, 2.75) is 26.8 Å². The van der Waals surface area contributed by atoms with Crippen LogP contribution in [0.25, 0.3) is 0 Å². The van der Waals surface area contributed by atoms with Gasteiger partial charge in [-0.1, -0.05) is 6.92 Å². The van der Waals surface area contributed by atoms with Crippen molar-refractivity contribution >= 4 is 18.0 Å². The van der Waals surface area contributed by atoms with Gasteiger partial charge in [0.1, 0.15) is 0 Å². The maximum Gasteiger partial charge on any atom is 0.151 e. The first-order valence-electron chi connectivity index (χ1n) is 5.36. The molecule has 82 valence electrons. The van der Waals surface area contributed by atoms with Crippen molar-refractivity contribution in [1.29, 1.82) is 0 Å². The van der Waals surface area contributed by atoms with E-state index >= 15 is 0 Å². The van der Waals surface area contributed by atoms with E-state index in [1.807, 2.05) is 24.8 Å². The number of nitrogens with zero attached hydrogens (tertiary/aromatic N) is 1. The van der Waals surface area contributed by atoms with E-state index in [-0.39, 0.29) is 0 Å². The van der Waals surface area contributed by atoms with Crippen molar-refractivity contribution in [3.8, 4) is 0 Å². The normalized spacial score (nSPS) is 25.8. The molecule has 15 heavy (non-hydrogen) atoms. The zero-order valence-corrected chi connectivity index (χ0v) is 10.3. The first-order valence-corrected chi connectivity index (χ1v) is 6.52. The molecule has 3 heteroatoms. The fraction of sp³-hybridized carbons (Fsp3) is 0.583. The molecular weight excluding hydrogens is 206 g/mol. The average Bonchev–Trinajstić information content (AvgIpc) is 2.71. The Kier molecular flexibility index (Phi) is 2.91. The Morgan fingerprint density at radius 3 is 2.67 bits per heavy atom. The van der Waals surface area contributed by atoms with Gasteiger partial charge in [-0.3, -0.25) is 4.79 Å². The van der Waals surface area contributed by atoms with E-state index in [0.29, 0.717) is 12.0 Å². The number of aryl methyl sites for hydroxylation is 1. The average molecular weight is 223 g/mol. The Bertz CT molecular complexity index is 383. The summed E-state index contributed by atoms with van der Waals surface area (Å²) >= 11 is 2.01. The summed E-state index contributed by atoms with van der Waals surface area (Å²) in [5, 5.41) is 0. The molecule has 0 saturated carbocycles. The lowest BCUT2D eigenvalue weighted by Crippen LogP contribution is -2.17. The number of carbonyl (C=O) groups is 1. The van der Waals surface area contributed by atoms with Gasteiger partial charge in [0.15, 0.2) is 6.29 Å². The summed E-state index contributed by atoms with van der Waals surface area (Å²) < 4.78 is 2.34. The van der Waals surface area contributed by atoms with Crippen LogP contribution in [0.5, 0.6) is 0 Å². The van der Waals surface area contributed by atoms with E-state index in [9.17, 15) is 4.79 Å². The molecule has 0 N–H and O–H groups in total. The van der Waals surface area contributed by atoms with Crippen LogP contribution in [0.4, 0.5) is 0 Å². The Morgan fingerprint density at radius 2 is 2.20 bits per heavy atom. The van der Waals surface area contributed by atoms with Crippen LogP contribution >= 0.6 is 11.8 Å². The first kappa shape index (κ1) is 10.8. The summed E-state index contributed by atoms with van der Waals surface area (Å²) in [4.78, 5) is 10.9. The van der Waals surface area contributed by atoms with Gasteiger partial charge in [-0.25, -0.2) is 0 Å². The van der Waals surface area contributed by atoms with Gasteiger partial charge in [0, 0.05) is 28.7 Å². The molecule has 0 amide bonds. The Hall–Kier alpha value is -0.700. The minimum absolute atomic E-state index is 0.573. The van der Waals surface area contributed by atoms with Gasteiger partial charge in [0.2, 0.25) is 0 Å². The van der Waals surface area contributed by atoms with Gasteiger partial charge >= 0.3 is 0 Å². The summed E-state index contributed by atoms with van der Waals surface area (Å²) in [6.45, 7) is 6.44. The molecule has 2 unspecified atom stereocenters. The van der Waals surface area contributed by atoms with E-state index in [0.717, 1.165) is 17.5 Å². The molecule has 1 aliphatic rings. The third kappa shape index (κ3) is 1.73. The molecule has 0 spiro atoms. The first-order chi connectivity index (χ1) is 7.15. The summed E-state index contributed by atoms with van der Waals surface area (Å²) in [5.41, 5.74) is 3.19. The molecule has 2 nitrogen and oxygen atoms in total. The van der Waals surface area contributed by atoms with Crippen LogP contribution in [0.15, 0.2) is 6.07 Å². The molecule has 0 aliphatic carbocycles. The molecule has 0 aromatic carbocycles. The van der Waals surface area contributed by atoms with Crippen molar-refractivity contribution in [3.05, 3.63) is 23.0 Å². The fourth-order valence-electron chi connectivity index (χ4n) is 2.41. The monoisotopic (exact) mass is 223 g/mol. The second-order valence-corrected chi connectivity index (χ2v) is 5.47. The Balaban J connectivity index is 2.42. The fourth-order valence-corrected chi connectivity index (χ4v) is 3.86. The van der Waals surface area contributed by atoms with E-state index < -0.39 is 0 Å². The molecule has 2 rings (SSSR count). The summed E-state index contributed by atoms with van der Waals surface area (Å²) in [6.07, 6.45) is 0.964. The topological polar surface area (TPSA) is 22.0 Å². The molecule has 0 bridgehead atoms. The summed E-state index contributed by atoms with van der Waals surface area (Å²) in [7, 11) is 0. The summed E-state index contributed by atoms with van der Waals surface area (Å²) in [6, 6.07) is 2.57. The highest BCUT2D eigenvalue weighted by molar-refractivity contribution is 7.99. The van der Waals surface area contributed by atoms with Crippen molar-refractivity contribution in [3.63, 3.8) is 0 Å². The molecule has 1 saturated heterocycles. The minimum atomic E-state index is 0.573. The van der Waals surface area contributed by atoms with Gasteiger partial charge in [-0.15, -0.1) is 0 Å². The molecule has 1 aliphatic heterocycles. The van der Waals surface area contributed by atoms with Gasteiger partial charge in [-0.2, -0.15) is 11.8 Å². The van der Waals surface area contributed by atoms with Crippen molar-refractivity contribution < 1.29 is 4.79 Å². The Labute approximate surface area is 95.0 Å². The van der Waals surface area contributed by atoms with Crippen molar-refractivity contribution in [2.75, 3.05) is 11.5 Å². The Morgan fingerprint density at radius 1 is 1.47 bits per heavy atom. The minimum Gasteiger partial charge on any atom is -0.344 e. The second-order valence-electron chi connectivity index (χ2n) is 4.40. The largest absolute Gasteiger partial charge is 0.344 e. The smallest absolute Gasteiger partial charge is 0.151 e. The number of rotatable bonds is 2. The molecular formula is C12H17NOS. The molecule has 1 fully saturated rings. The highest BCUT2D eigenvalue weighted by Gasteiger charge is 2.27. The number of aldehydes is 1. The highest BCUT2D eigenvalue weighted by Crippen LogP contribution is 2.35. The SMILES string of the molecule is Cc1cc(C=O)c(C)n1C1CSCC1C. The number of aromatic nitrogens is 1. The van der Waals surface area contributed by atoms with E-state index in [1.165, 1.54) is 17.2 Å². The van der Waals surface area contributed by atoms with Crippen LogP contribution in [0, 0.1) is 19.8 Å². The van der Waals surface area contributed by atoms with Crippen LogP contribution in [0.3, 0.4) is 0 Å². The van der Waals surface area contributed by atoms with Crippen LogP contribution < -0.4 is 0 Å². The molecule has 1 aromatic heterocycles. The van der Waals surface area contributed by atoms with Gasteiger partial charge in [-0.05, 0) is 31.6 Å². The van der Waals surface area contributed by atoms with Gasteiger partial charge < -0.3 is 4.57 Å². The van der Waals surface area contributed by atoms with E-state index in [2.05, 4.69) is 18.4 Å².